The quantitative estimate of drug-likeness (QED) is 0.145. The molecular weight excluding hydrogens is 528 g/mol. The summed E-state index contributed by atoms with van der Waals surface area (Å²) in [4.78, 5) is 38.4. The average molecular weight is 557 g/mol. The lowest BCUT2D eigenvalue weighted by atomic mass is 10.0. The summed E-state index contributed by atoms with van der Waals surface area (Å²) >= 11 is 0. The first-order chi connectivity index (χ1) is 20.3. The van der Waals surface area contributed by atoms with Gasteiger partial charge >= 0.3 is 5.97 Å². The summed E-state index contributed by atoms with van der Waals surface area (Å²) in [5, 5.41) is 15.3. The molecule has 0 aromatic heterocycles. The SMILES string of the molecule is Cc1ccc(OC(=O)c2cccc(C(=O)Nc3cccc(CNC(=O)c4cccc(-c5ccc(O)cc5)c4)c3)c2)cc1. The molecule has 7 heteroatoms. The maximum absolute atomic E-state index is 13.0. The molecule has 5 aromatic rings. The summed E-state index contributed by atoms with van der Waals surface area (Å²) in [6, 6.07) is 34.7. The van der Waals surface area contributed by atoms with E-state index in [1.165, 1.54) is 6.07 Å². The number of hydrogen-bond donors (Lipinski definition) is 3. The van der Waals surface area contributed by atoms with Gasteiger partial charge in [0.25, 0.3) is 11.8 Å². The van der Waals surface area contributed by atoms with Gasteiger partial charge in [-0.2, -0.15) is 0 Å². The fraction of sp³-hybridized carbons (Fsp3) is 0.0571. The molecular formula is C35H28N2O5. The van der Waals surface area contributed by atoms with Gasteiger partial charge in [-0.3, -0.25) is 9.59 Å². The van der Waals surface area contributed by atoms with Gasteiger partial charge in [-0.25, -0.2) is 4.79 Å². The molecule has 0 heterocycles. The highest BCUT2D eigenvalue weighted by molar-refractivity contribution is 6.05. The zero-order valence-electron chi connectivity index (χ0n) is 22.8. The van der Waals surface area contributed by atoms with Crippen LogP contribution >= 0.6 is 0 Å². The van der Waals surface area contributed by atoms with Gasteiger partial charge in [0, 0.05) is 23.4 Å². The molecule has 0 unspecified atom stereocenters. The number of benzene rings is 5. The van der Waals surface area contributed by atoms with Gasteiger partial charge in [0.1, 0.15) is 11.5 Å². The summed E-state index contributed by atoms with van der Waals surface area (Å²) in [6.07, 6.45) is 0. The molecule has 0 atom stereocenters. The second kappa shape index (κ2) is 12.7. The molecule has 5 aromatic carbocycles. The van der Waals surface area contributed by atoms with Crippen molar-refractivity contribution in [1.82, 2.24) is 5.32 Å². The molecule has 3 N–H and O–H groups in total. The van der Waals surface area contributed by atoms with E-state index in [1.54, 1.807) is 84.9 Å². The molecule has 208 valence electrons. The molecule has 42 heavy (non-hydrogen) atoms. The van der Waals surface area contributed by atoms with Crippen molar-refractivity contribution < 1.29 is 24.2 Å². The fourth-order valence-corrected chi connectivity index (χ4v) is 4.30. The van der Waals surface area contributed by atoms with Gasteiger partial charge < -0.3 is 20.5 Å². The number of carbonyl (C=O) groups is 3. The number of esters is 1. The largest absolute Gasteiger partial charge is 0.508 e. The molecule has 0 radical (unpaired) electrons. The predicted octanol–water partition coefficient (Wildman–Crippen LogP) is 6.77. The smallest absolute Gasteiger partial charge is 0.343 e. The highest BCUT2D eigenvalue weighted by Crippen LogP contribution is 2.23. The highest BCUT2D eigenvalue weighted by Gasteiger charge is 2.14. The number of aromatic hydroxyl groups is 1. The maximum Gasteiger partial charge on any atom is 0.343 e. The molecule has 0 bridgehead atoms. The van der Waals surface area contributed by atoms with Crippen molar-refractivity contribution in [2.45, 2.75) is 13.5 Å². The number of hydrogen-bond acceptors (Lipinski definition) is 5. The first-order valence-electron chi connectivity index (χ1n) is 13.3. The van der Waals surface area contributed by atoms with Gasteiger partial charge in [0.05, 0.1) is 5.56 Å². The van der Waals surface area contributed by atoms with E-state index in [4.69, 9.17) is 4.74 Å². The minimum atomic E-state index is -0.556. The minimum absolute atomic E-state index is 0.179. The summed E-state index contributed by atoms with van der Waals surface area (Å²) < 4.78 is 5.42. The molecule has 5 rings (SSSR count). The molecule has 2 amide bonds. The lowest BCUT2D eigenvalue weighted by Gasteiger charge is -2.10. The zero-order chi connectivity index (χ0) is 29.5. The van der Waals surface area contributed by atoms with Crippen LogP contribution in [0.1, 0.15) is 42.2 Å². The van der Waals surface area contributed by atoms with Crippen LogP contribution in [0, 0.1) is 6.92 Å². The molecule has 0 fully saturated rings. The number of phenols is 1. The number of ether oxygens (including phenoxy) is 1. The fourth-order valence-electron chi connectivity index (χ4n) is 4.30. The van der Waals surface area contributed by atoms with E-state index in [2.05, 4.69) is 10.6 Å². The molecule has 0 aliphatic carbocycles. The summed E-state index contributed by atoms with van der Waals surface area (Å²) in [5.41, 5.74) is 5.22. The van der Waals surface area contributed by atoms with Gasteiger partial charge in [-0.15, -0.1) is 0 Å². The van der Waals surface area contributed by atoms with E-state index < -0.39 is 5.97 Å². The summed E-state index contributed by atoms with van der Waals surface area (Å²) in [7, 11) is 0. The van der Waals surface area contributed by atoms with E-state index in [0.29, 0.717) is 22.6 Å². The molecule has 0 spiro atoms. The normalized spacial score (nSPS) is 10.5. The molecule has 7 nitrogen and oxygen atoms in total. The van der Waals surface area contributed by atoms with E-state index >= 15 is 0 Å². The van der Waals surface area contributed by atoms with Crippen molar-refractivity contribution >= 4 is 23.5 Å². The number of aryl methyl sites for hydroxylation is 1. The monoisotopic (exact) mass is 556 g/mol. The van der Waals surface area contributed by atoms with Gasteiger partial charge in [-0.1, -0.05) is 60.2 Å². The van der Waals surface area contributed by atoms with Crippen molar-refractivity contribution in [2.24, 2.45) is 0 Å². The Morgan fingerprint density at radius 1 is 0.667 bits per heavy atom. The number of carbonyl (C=O) groups excluding carboxylic acids is 3. The number of rotatable bonds is 8. The van der Waals surface area contributed by atoms with Crippen LogP contribution < -0.4 is 15.4 Å². The first kappa shape index (κ1) is 27.9. The second-order valence-electron chi connectivity index (χ2n) is 9.75. The summed E-state index contributed by atoms with van der Waals surface area (Å²) in [5.74, 6) is -0.570. The van der Waals surface area contributed by atoms with E-state index in [9.17, 15) is 19.5 Å². The molecule has 0 aliphatic rings. The van der Waals surface area contributed by atoms with Crippen LogP contribution in [0.25, 0.3) is 11.1 Å². The van der Waals surface area contributed by atoms with E-state index in [1.807, 2.05) is 37.3 Å². The standard InChI is InChI=1S/C35H28N2O5/c1-23-11-17-32(18-12-23)42-35(41)29-9-4-8-28(21-29)34(40)37-30-10-2-5-24(19-30)22-36-33(39)27-7-3-6-26(20-27)25-13-15-31(38)16-14-25/h2-21,38H,22H2,1H3,(H,36,39)(H,37,40). The topological polar surface area (TPSA) is 105 Å². The number of amides is 2. The van der Waals surface area contributed by atoms with Crippen molar-refractivity contribution in [3.63, 3.8) is 0 Å². The lowest BCUT2D eigenvalue weighted by Crippen LogP contribution is -2.23. The second-order valence-corrected chi connectivity index (χ2v) is 9.75. The molecule has 0 saturated carbocycles. The van der Waals surface area contributed by atoms with Crippen LogP contribution in [0.4, 0.5) is 5.69 Å². The predicted molar refractivity (Wildman–Crippen MR) is 162 cm³/mol. The molecule has 0 aliphatic heterocycles. The van der Waals surface area contributed by atoms with Crippen LogP contribution in [-0.4, -0.2) is 22.9 Å². The van der Waals surface area contributed by atoms with Crippen molar-refractivity contribution in [2.75, 3.05) is 5.32 Å². The Morgan fingerprint density at radius 2 is 1.33 bits per heavy atom. The van der Waals surface area contributed by atoms with Crippen molar-refractivity contribution in [1.29, 1.82) is 0 Å². The van der Waals surface area contributed by atoms with Crippen molar-refractivity contribution in [3.8, 4) is 22.6 Å². The van der Waals surface area contributed by atoms with E-state index in [-0.39, 0.29) is 29.7 Å². The molecule has 0 saturated heterocycles. The zero-order valence-corrected chi connectivity index (χ0v) is 22.8. The first-order valence-corrected chi connectivity index (χ1v) is 13.3. The lowest BCUT2D eigenvalue weighted by molar-refractivity contribution is 0.0734. The van der Waals surface area contributed by atoms with E-state index in [0.717, 1.165) is 22.3 Å². The minimum Gasteiger partial charge on any atom is -0.508 e. The third-order valence-corrected chi connectivity index (χ3v) is 6.56. The van der Waals surface area contributed by atoms with Crippen molar-refractivity contribution in [3.05, 3.63) is 149 Å². The Labute approximate surface area is 243 Å². The van der Waals surface area contributed by atoms with Crippen LogP contribution in [0.15, 0.2) is 121 Å². The van der Waals surface area contributed by atoms with Crippen LogP contribution in [0.5, 0.6) is 11.5 Å². The maximum atomic E-state index is 13.0. The van der Waals surface area contributed by atoms with Crippen LogP contribution in [-0.2, 0) is 6.54 Å². The van der Waals surface area contributed by atoms with Gasteiger partial charge in [0.2, 0.25) is 0 Å². The highest BCUT2D eigenvalue weighted by atomic mass is 16.5. The number of anilines is 1. The Bertz CT molecular complexity index is 1740. The van der Waals surface area contributed by atoms with Crippen LogP contribution in [0.2, 0.25) is 0 Å². The number of nitrogens with one attached hydrogen (secondary N) is 2. The van der Waals surface area contributed by atoms with Gasteiger partial charge in [-0.05, 0) is 90.3 Å². The third-order valence-electron chi connectivity index (χ3n) is 6.56. The average Bonchev–Trinajstić information content (AvgIpc) is 3.01. The summed E-state index contributed by atoms with van der Waals surface area (Å²) in [6.45, 7) is 2.20. The Kier molecular flexibility index (Phi) is 8.40. The number of phenolic OH excluding ortho intramolecular Hbond substituents is 1. The Hall–Kier alpha value is -5.69. The Morgan fingerprint density at radius 3 is 2.10 bits per heavy atom. The third kappa shape index (κ3) is 7.08. The van der Waals surface area contributed by atoms with Crippen LogP contribution in [0.3, 0.4) is 0 Å². The Balaban J connectivity index is 1.20. The van der Waals surface area contributed by atoms with Gasteiger partial charge in [0.15, 0.2) is 0 Å².